The molecule has 1 aromatic rings. The maximum absolute atomic E-state index is 12.3. The third-order valence-corrected chi connectivity index (χ3v) is 4.97. The summed E-state index contributed by atoms with van der Waals surface area (Å²) in [6.07, 6.45) is 0.940. The standard InChI is InChI=1S/C14H23NO5S/c1-5-14(16,6-2)10-15-21(17,18)11-7-8-12(19-3)13(9-11)20-4/h7-9,15-16H,5-6,10H2,1-4H3. The zero-order valence-corrected chi connectivity index (χ0v) is 13.7. The molecule has 0 aliphatic carbocycles. The summed E-state index contributed by atoms with van der Waals surface area (Å²) in [6, 6.07) is 4.35. The van der Waals surface area contributed by atoms with Gasteiger partial charge in [-0.3, -0.25) is 0 Å². The van der Waals surface area contributed by atoms with Crippen LogP contribution in [0.2, 0.25) is 0 Å². The Hall–Kier alpha value is -1.31. The zero-order valence-electron chi connectivity index (χ0n) is 12.8. The van der Waals surface area contributed by atoms with Crippen molar-refractivity contribution in [3.8, 4) is 11.5 Å². The van der Waals surface area contributed by atoms with Crippen molar-refractivity contribution < 1.29 is 23.0 Å². The molecule has 0 aliphatic heterocycles. The molecule has 1 aromatic carbocycles. The molecular weight excluding hydrogens is 294 g/mol. The second-order valence-electron chi connectivity index (χ2n) is 4.77. The smallest absolute Gasteiger partial charge is 0.240 e. The Labute approximate surface area is 126 Å². The van der Waals surface area contributed by atoms with Crippen molar-refractivity contribution in [3.63, 3.8) is 0 Å². The molecule has 0 heterocycles. The highest BCUT2D eigenvalue weighted by molar-refractivity contribution is 7.89. The molecule has 0 aliphatic rings. The van der Waals surface area contributed by atoms with Gasteiger partial charge in [0.15, 0.2) is 11.5 Å². The van der Waals surface area contributed by atoms with Gasteiger partial charge in [-0.2, -0.15) is 0 Å². The average molecular weight is 317 g/mol. The second kappa shape index (κ2) is 7.11. The van der Waals surface area contributed by atoms with Crippen LogP contribution in [0, 0.1) is 0 Å². The van der Waals surface area contributed by atoms with Gasteiger partial charge >= 0.3 is 0 Å². The van der Waals surface area contributed by atoms with Crippen molar-refractivity contribution in [1.29, 1.82) is 0 Å². The minimum Gasteiger partial charge on any atom is -0.493 e. The average Bonchev–Trinajstić information content (AvgIpc) is 2.51. The highest BCUT2D eigenvalue weighted by atomic mass is 32.2. The highest BCUT2D eigenvalue weighted by Gasteiger charge is 2.26. The van der Waals surface area contributed by atoms with E-state index in [-0.39, 0.29) is 11.4 Å². The van der Waals surface area contributed by atoms with Crippen LogP contribution in [0.1, 0.15) is 26.7 Å². The van der Waals surface area contributed by atoms with Crippen molar-refractivity contribution >= 4 is 10.0 Å². The number of sulfonamides is 1. The summed E-state index contributed by atoms with van der Waals surface area (Å²) >= 11 is 0. The minimum absolute atomic E-state index is 0.0311. The van der Waals surface area contributed by atoms with E-state index in [4.69, 9.17) is 9.47 Å². The van der Waals surface area contributed by atoms with E-state index in [1.54, 1.807) is 0 Å². The first-order valence-corrected chi connectivity index (χ1v) is 8.24. The Balaban J connectivity index is 2.98. The zero-order chi connectivity index (χ0) is 16.1. The van der Waals surface area contributed by atoms with Gasteiger partial charge in [0, 0.05) is 12.6 Å². The first-order chi connectivity index (χ1) is 9.81. The third kappa shape index (κ3) is 4.33. The second-order valence-corrected chi connectivity index (χ2v) is 6.54. The van der Waals surface area contributed by atoms with E-state index < -0.39 is 15.6 Å². The third-order valence-electron chi connectivity index (χ3n) is 3.57. The van der Waals surface area contributed by atoms with Crippen LogP contribution in [0.25, 0.3) is 0 Å². The van der Waals surface area contributed by atoms with Crippen molar-refractivity contribution in [2.24, 2.45) is 0 Å². The normalized spacial score (nSPS) is 12.2. The van der Waals surface area contributed by atoms with Crippen LogP contribution < -0.4 is 14.2 Å². The summed E-state index contributed by atoms with van der Waals surface area (Å²) in [5.74, 6) is 0.789. The molecule has 0 spiro atoms. The molecule has 0 radical (unpaired) electrons. The van der Waals surface area contributed by atoms with Crippen molar-refractivity contribution in [2.45, 2.75) is 37.2 Å². The fraction of sp³-hybridized carbons (Fsp3) is 0.571. The molecule has 0 saturated heterocycles. The lowest BCUT2D eigenvalue weighted by molar-refractivity contribution is 0.0377. The van der Waals surface area contributed by atoms with E-state index in [9.17, 15) is 13.5 Å². The maximum atomic E-state index is 12.3. The molecule has 0 atom stereocenters. The van der Waals surface area contributed by atoms with Gasteiger partial charge in [0.25, 0.3) is 0 Å². The Morgan fingerprint density at radius 2 is 1.71 bits per heavy atom. The molecule has 6 nitrogen and oxygen atoms in total. The number of hydrogen-bond acceptors (Lipinski definition) is 5. The lowest BCUT2D eigenvalue weighted by atomic mass is 9.98. The lowest BCUT2D eigenvalue weighted by Crippen LogP contribution is -2.41. The summed E-state index contributed by atoms with van der Waals surface area (Å²) in [6.45, 7) is 3.60. The molecule has 0 amide bonds. The molecule has 1 rings (SSSR count). The van der Waals surface area contributed by atoms with Gasteiger partial charge < -0.3 is 14.6 Å². The van der Waals surface area contributed by atoms with Gasteiger partial charge in [0.05, 0.1) is 24.7 Å². The van der Waals surface area contributed by atoms with E-state index in [1.165, 1.54) is 32.4 Å². The summed E-state index contributed by atoms with van der Waals surface area (Å²) in [7, 11) is -0.799. The van der Waals surface area contributed by atoms with Gasteiger partial charge in [-0.05, 0) is 25.0 Å². The van der Waals surface area contributed by atoms with Crippen LogP contribution in [0.5, 0.6) is 11.5 Å². The predicted molar refractivity (Wildman–Crippen MR) is 80.3 cm³/mol. The van der Waals surface area contributed by atoms with E-state index >= 15 is 0 Å². The molecule has 0 saturated carbocycles. The number of nitrogens with one attached hydrogen (secondary N) is 1. The molecule has 0 aromatic heterocycles. The summed E-state index contributed by atoms with van der Waals surface area (Å²) in [4.78, 5) is 0.0645. The SMILES string of the molecule is CCC(O)(CC)CNS(=O)(=O)c1ccc(OC)c(OC)c1. The summed E-state index contributed by atoms with van der Waals surface area (Å²) < 4.78 is 37.1. The van der Waals surface area contributed by atoms with Crippen molar-refractivity contribution in [1.82, 2.24) is 4.72 Å². The number of methoxy groups -OCH3 is 2. The Bertz CT molecular complexity index is 567. The van der Waals surface area contributed by atoms with Gasteiger partial charge in [-0.15, -0.1) is 0 Å². The van der Waals surface area contributed by atoms with E-state index in [1.807, 2.05) is 13.8 Å². The van der Waals surface area contributed by atoms with Gasteiger partial charge in [-0.1, -0.05) is 13.8 Å². The maximum Gasteiger partial charge on any atom is 0.240 e. The molecule has 0 fully saturated rings. The number of hydrogen-bond donors (Lipinski definition) is 2. The molecule has 2 N–H and O–H groups in total. The van der Waals surface area contributed by atoms with E-state index in [0.717, 1.165) is 0 Å². The van der Waals surface area contributed by atoms with Crippen LogP contribution >= 0.6 is 0 Å². The fourth-order valence-electron chi connectivity index (χ4n) is 1.80. The monoisotopic (exact) mass is 317 g/mol. The Morgan fingerprint density at radius 3 is 2.19 bits per heavy atom. The predicted octanol–water partition coefficient (Wildman–Crippen LogP) is 1.53. The fourth-order valence-corrected chi connectivity index (χ4v) is 2.93. The first kappa shape index (κ1) is 17.7. The van der Waals surface area contributed by atoms with E-state index in [0.29, 0.717) is 24.3 Å². The summed E-state index contributed by atoms with van der Waals surface area (Å²) in [5.41, 5.74) is -1.04. The van der Waals surface area contributed by atoms with Crippen LogP contribution in [0.4, 0.5) is 0 Å². The highest BCUT2D eigenvalue weighted by Crippen LogP contribution is 2.29. The quantitative estimate of drug-likeness (QED) is 0.759. The lowest BCUT2D eigenvalue weighted by Gasteiger charge is -2.25. The Morgan fingerprint density at radius 1 is 1.14 bits per heavy atom. The Kier molecular flexibility index (Phi) is 6.00. The van der Waals surface area contributed by atoms with E-state index in [2.05, 4.69) is 4.72 Å². The van der Waals surface area contributed by atoms with Gasteiger partial charge in [-0.25, -0.2) is 13.1 Å². The van der Waals surface area contributed by atoms with Gasteiger partial charge in [0.1, 0.15) is 0 Å². The molecular formula is C14H23NO5S. The molecule has 120 valence electrons. The largest absolute Gasteiger partial charge is 0.493 e. The first-order valence-electron chi connectivity index (χ1n) is 6.76. The molecule has 21 heavy (non-hydrogen) atoms. The number of rotatable bonds is 8. The van der Waals surface area contributed by atoms with Crippen LogP contribution in [0.15, 0.2) is 23.1 Å². The van der Waals surface area contributed by atoms with Crippen LogP contribution in [-0.2, 0) is 10.0 Å². The molecule has 7 heteroatoms. The van der Waals surface area contributed by atoms with Crippen LogP contribution in [0.3, 0.4) is 0 Å². The van der Waals surface area contributed by atoms with Crippen molar-refractivity contribution in [2.75, 3.05) is 20.8 Å². The number of ether oxygens (including phenoxy) is 2. The summed E-state index contributed by atoms with van der Waals surface area (Å²) in [5, 5.41) is 10.2. The topological polar surface area (TPSA) is 84.9 Å². The minimum atomic E-state index is -3.72. The van der Waals surface area contributed by atoms with Crippen LogP contribution in [-0.4, -0.2) is 39.9 Å². The molecule has 0 unspecified atom stereocenters. The van der Waals surface area contributed by atoms with Gasteiger partial charge in [0.2, 0.25) is 10.0 Å². The van der Waals surface area contributed by atoms with Crippen molar-refractivity contribution in [3.05, 3.63) is 18.2 Å². The molecule has 0 bridgehead atoms. The number of aliphatic hydroxyl groups is 1. The number of benzene rings is 1.